The lowest BCUT2D eigenvalue weighted by molar-refractivity contribution is -0.132. The van der Waals surface area contributed by atoms with E-state index in [1.54, 1.807) is 11.3 Å². The van der Waals surface area contributed by atoms with Crippen molar-refractivity contribution in [1.29, 1.82) is 0 Å². The van der Waals surface area contributed by atoms with Crippen LogP contribution in [0.3, 0.4) is 0 Å². The number of carbonyl (C=O) groups is 2. The SMILES string of the molecule is Cc1ccccc1CN1C(=O)N[C@@]2(CCCc3sccc32)C1=O. The Morgan fingerprint density at radius 1 is 1.26 bits per heavy atom. The van der Waals surface area contributed by atoms with Gasteiger partial charge in [-0.3, -0.25) is 9.69 Å². The molecule has 1 aromatic heterocycles. The van der Waals surface area contributed by atoms with Gasteiger partial charge in [-0.25, -0.2) is 4.79 Å². The molecule has 1 saturated heterocycles. The molecule has 1 aliphatic heterocycles. The highest BCUT2D eigenvalue weighted by Gasteiger charge is 2.54. The maximum absolute atomic E-state index is 13.1. The Hall–Kier alpha value is -2.14. The van der Waals surface area contributed by atoms with Crippen LogP contribution in [0.15, 0.2) is 35.7 Å². The Morgan fingerprint density at radius 3 is 2.91 bits per heavy atom. The molecule has 2 heterocycles. The second kappa shape index (κ2) is 5.20. The summed E-state index contributed by atoms with van der Waals surface area (Å²) in [6.07, 6.45) is 2.61. The fourth-order valence-corrected chi connectivity index (χ4v) is 4.64. The molecule has 4 rings (SSSR count). The largest absolute Gasteiger partial charge is 0.325 e. The van der Waals surface area contributed by atoms with Crippen LogP contribution >= 0.6 is 11.3 Å². The zero-order valence-electron chi connectivity index (χ0n) is 13.0. The second-order valence-electron chi connectivity index (χ2n) is 6.26. The molecule has 4 nitrogen and oxygen atoms in total. The Bertz CT molecular complexity index is 798. The van der Waals surface area contributed by atoms with Crippen molar-refractivity contribution in [2.75, 3.05) is 0 Å². The molecule has 0 unspecified atom stereocenters. The van der Waals surface area contributed by atoms with E-state index in [-0.39, 0.29) is 11.9 Å². The normalized spacial score (nSPS) is 23.3. The summed E-state index contributed by atoms with van der Waals surface area (Å²) in [5, 5.41) is 5.01. The molecule has 1 N–H and O–H groups in total. The van der Waals surface area contributed by atoms with Crippen molar-refractivity contribution >= 4 is 23.3 Å². The lowest BCUT2D eigenvalue weighted by Gasteiger charge is -2.31. The van der Waals surface area contributed by atoms with Crippen LogP contribution in [0.2, 0.25) is 0 Å². The first-order valence-corrected chi connectivity index (χ1v) is 8.75. The molecule has 1 aliphatic carbocycles. The van der Waals surface area contributed by atoms with Crippen LogP contribution < -0.4 is 5.32 Å². The van der Waals surface area contributed by atoms with Gasteiger partial charge in [0, 0.05) is 10.4 Å². The first-order valence-electron chi connectivity index (χ1n) is 7.87. The Kier molecular flexibility index (Phi) is 3.27. The number of benzene rings is 1. The number of hydrogen-bond donors (Lipinski definition) is 1. The summed E-state index contributed by atoms with van der Waals surface area (Å²) >= 11 is 1.68. The van der Waals surface area contributed by atoms with E-state index in [2.05, 4.69) is 5.32 Å². The third-order valence-corrected chi connectivity index (χ3v) is 5.91. The van der Waals surface area contributed by atoms with E-state index in [1.807, 2.05) is 42.6 Å². The quantitative estimate of drug-likeness (QED) is 0.861. The summed E-state index contributed by atoms with van der Waals surface area (Å²) in [5.41, 5.74) is 2.26. The van der Waals surface area contributed by atoms with Gasteiger partial charge in [-0.1, -0.05) is 24.3 Å². The molecule has 0 radical (unpaired) electrons. The lowest BCUT2D eigenvalue weighted by Crippen LogP contribution is -2.46. The second-order valence-corrected chi connectivity index (χ2v) is 7.26. The van der Waals surface area contributed by atoms with Crippen molar-refractivity contribution in [3.8, 4) is 0 Å². The van der Waals surface area contributed by atoms with Gasteiger partial charge in [-0.05, 0) is 48.8 Å². The van der Waals surface area contributed by atoms with Gasteiger partial charge in [0.1, 0.15) is 5.54 Å². The maximum atomic E-state index is 13.1. The summed E-state index contributed by atoms with van der Waals surface area (Å²) in [5.74, 6) is -0.106. The van der Waals surface area contributed by atoms with Gasteiger partial charge in [0.25, 0.3) is 5.91 Å². The molecule has 0 saturated carbocycles. The van der Waals surface area contributed by atoms with E-state index in [0.717, 1.165) is 29.5 Å². The fourth-order valence-electron chi connectivity index (χ4n) is 3.64. The van der Waals surface area contributed by atoms with E-state index >= 15 is 0 Å². The minimum Gasteiger partial charge on any atom is -0.319 e. The minimum absolute atomic E-state index is 0.106. The van der Waals surface area contributed by atoms with Crippen LogP contribution in [0.25, 0.3) is 0 Å². The number of hydrogen-bond acceptors (Lipinski definition) is 3. The Morgan fingerprint density at radius 2 is 2.09 bits per heavy atom. The standard InChI is InChI=1S/C18H18N2O2S/c1-12-5-2-3-6-13(12)11-20-16(21)18(19-17(20)22)9-4-7-15-14(18)8-10-23-15/h2-3,5-6,8,10H,4,7,9,11H2,1H3,(H,19,22)/t18-/m1/s1. The molecule has 1 aromatic carbocycles. The zero-order valence-corrected chi connectivity index (χ0v) is 13.8. The molecule has 1 atom stereocenters. The van der Waals surface area contributed by atoms with Gasteiger partial charge < -0.3 is 5.32 Å². The Balaban J connectivity index is 1.70. The van der Waals surface area contributed by atoms with Crippen molar-refractivity contribution in [3.63, 3.8) is 0 Å². The molecule has 5 heteroatoms. The highest BCUT2D eigenvalue weighted by molar-refractivity contribution is 7.10. The zero-order chi connectivity index (χ0) is 16.0. The van der Waals surface area contributed by atoms with Gasteiger partial charge in [0.2, 0.25) is 0 Å². The molecule has 3 amide bonds. The molecule has 23 heavy (non-hydrogen) atoms. The summed E-state index contributed by atoms with van der Waals surface area (Å²) in [4.78, 5) is 28.2. The van der Waals surface area contributed by atoms with E-state index in [1.165, 1.54) is 9.78 Å². The topological polar surface area (TPSA) is 49.4 Å². The van der Waals surface area contributed by atoms with Crippen molar-refractivity contribution in [2.24, 2.45) is 0 Å². The van der Waals surface area contributed by atoms with Gasteiger partial charge in [0.15, 0.2) is 0 Å². The fraction of sp³-hybridized carbons (Fsp3) is 0.333. The molecular weight excluding hydrogens is 308 g/mol. The number of carbonyl (C=O) groups excluding carboxylic acids is 2. The third-order valence-electron chi connectivity index (χ3n) is 4.93. The van der Waals surface area contributed by atoms with Crippen LogP contribution in [0.1, 0.15) is 34.4 Å². The molecule has 2 aliphatic rings. The van der Waals surface area contributed by atoms with Crippen LogP contribution in [0.4, 0.5) is 4.79 Å². The van der Waals surface area contributed by atoms with Gasteiger partial charge in [0.05, 0.1) is 6.54 Å². The highest BCUT2D eigenvalue weighted by atomic mass is 32.1. The number of fused-ring (bicyclic) bond motifs is 2. The number of nitrogens with zero attached hydrogens (tertiary/aromatic N) is 1. The van der Waals surface area contributed by atoms with Gasteiger partial charge in [-0.2, -0.15) is 0 Å². The maximum Gasteiger partial charge on any atom is 0.325 e. The highest BCUT2D eigenvalue weighted by Crippen LogP contribution is 2.42. The first kappa shape index (κ1) is 14.5. The number of thiophene rings is 1. The van der Waals surface area contributed by atoms with Crippen LogP contribution in [-0.2, 0) is 23.3 Å². The van der Waals surface area contributed by atoms with E-state index in [0.29, 0.717) is 13.0 Å². The monoisotopic (exact) mass is 326 g/mol. The van der Waals surface area contributed by atoms with Gasteiger partial charge in [-0.15, -0.1) is 11.3 Å². The smallest absolute Gasteiger partial charge is 0.319 e. The molecule has 1 fully saturated rings. The predicted molar refractivity (Wildman–Crippen MR) is 89.2 cm³/mol. The van der Waals surface area contributed by atoms with Crippen molar-refractivity contribution in [1.82, 2.24) is 10.2 Å². The average molecular weight is 326 g/mol. The van der Waals surface area contributed by atoms with E-state index < -0.39 is 5.54 Å². The third kappa shape index (κ3) is 2.10. The number of nitrogens with one attached hydrogen (secondary N) is 1. The van der Waals surface area contributed by atoms with Crippen molar-refractivity contribution < 1.29 is 9.59 Å². The number of aryl methyl sites for hydroxylation is 2. The summed E-state index contributed by atoms with van der Waals surface area (Å²) < 4.78 is 0. The number of imide groups is 1. The van der Waals surface area contributed by atoms with Crippen LogP contribution in [0, 0.1) is 6.92 Å². The first-order chi connectivity index (χ1) is 11.1. The molecule has 0 bridgehead atoms. The molecule has 2 aromatic rings. The summed E-state index contributed by atoms with van der Waals surface area (Å²) in [7, 11) is 0. The molecule has 1 spiro atoms. The van der Waals surface area contributed by atoms with Crippen molar-refractivity contribution in [3.05, 3.63) is 57.3 Å². The Labute approximate surface area is 139 Å². The van der Waals surface area contributed by atoms with E-state index in [9.17, 15) is 9.59 Å². The minimum atomic E-state index is -0.840. The van der Waals surface area contributed by atoms with Crippen molar-refractivity contribution in [2.45, 2.75) is 38.3 Å². The van der Waals surface area contributed by atoms with Crippen LogP contribution in [-0.4, -0.2) is 16.8 Å². The van der Waals surface area contributed by atoms with E-state index in [4.69, 9.17) is 0 Å². The average Bonchev–Trinajstić information content (AvgIpc) is 3.10. The lowest BCUT2D eigenvalue weighted by atomic mass is 9.80. The van der Waals surface area contributed by atoms with Gasteiger partial charge >= 0.3 is 6.03 Å². The predicted octanol–water partition coefficient (Wildman–Crippen LogP) is 3.34. The number of rotatable bonds is 2. The van der Waals surface area contributed by atoms with Crippen LogP contribution in [0.5, 0.6) is 0 Å². The number of urea groups is 1. The summed E-state index contributed by atoms with van der Waals surface area (Å²) in [6.45, 7) is 2.33. The number of amides is 3. The molecule has 118 valence electrons. The molecular formula is C18H18N2O2S. The summed E-state index contributed by atoms with van der Waals surface area (Å²) in [6, 6.07) is 9.59.